The third kappa shape index (κ3) is 2.91. The molecule has 1 aromatic rings. The molecule has 5 nitrogen and oxygen atoms in total. The van der Waals surface area contributed by atoms with Gasteiger partial charge < -0.3 is 19.8 Å². The molecule has 0 saturated heterocycles. The number of aliphatic carboxylic acids is 1. The summed E-state index contributed by atoms with van der Waals surface area (Å²) in [6.07, 6.45) is -0.469. The molecule has 0 aromatic heterocycles. The third-order valence-corrected chi connectivity index (χ3v) is 1.68. The Kier molecular flexibility index (Phi) is 2.73. The van der Waals surface area contributed by atoms with Crippen molar-refractivity contribution in [3.63, 3.8) is 0 Å². The molecule has 0 bridgehead atoms. The van der Waals surface area contributed by atoms with E-state index in [0.29, 0.717) is 0 Å². The SMILES string of the molecule is [2H]c1ccc(CC(=O)C(=O)[O-])cc1C(=O)[O-]. The Bertz CT molecular complexity index is 466. The van der Waals surface area contributed by atoms with Crippen molar-refractivity contribution >= 4 is 17.7 Å². The molecule has 0 amide bonds. The highest BCUT2D eigenvalue weighted by atomic mass is 16.4. The number of benzene rings is 1. The standard InChI is InChI=1S/C10H8O5/c11-8(10(14)15)5-6-2-1-3-7(4-6)9(12)13/h1-4H,5H2,(H,12,13)(H,14,15)/p-2/i3D. The van der Waals surface area contributed by atoms with Crippen LogP contribution in [0.15, 0.2) is 24.2 Å². The highest BCUT2D eigenvalue weighted by Gasteiger charge is 2.05. The van der Waals surface area contributed by atoms with Gasteiger partial charge in [-0.05, 0) is 17.2 Å². The summed E-state index contributed by atoms with van der Waals surface area (Å²) in [5.74, 6) is -4.53. The van der Waals surface area contributed by atoms with Gasteiger partial charge in [-0.2, -0.15) is 0 Å². The first-order valence-corrected chi connectivity index (χ1v) is 3.97. The van der Waals surface area contributed by atoms with E-state index in [0.717, 1.165) is 12.1 Å². The Morgan fingerprint density at radius 3 is 2.53 bits per heavy atom. The molecule has 0 aliphatic carbocycles. The fourth-order valence-electron chi connectivity index (χ4n) is 0.999. The summed E-state index contributed by atoms with van der Waals surface area (Å²) in [5.41, 5.74) is -0.201. The van der Waals surface area contributed by atoms with Gasteiger partial charge in [0, 0.05) is 6.42 Å². The van der Waals surface area contributed by atoms with Crippen LogP contribution in [0.2, 0.25) is 0 Å². The zero-order valence-electron chi connectivity index (χ0n) is 8.48. The van der Waals surface area contributed by atoms with Crippen molar-refractivity contribution in [3.05, 3.63) is 35.4 Å². The lowest BCUT2D eigenvalue weighted by atomic mass is 10.1. The van der Waals surface area contributed by atoms with Crippen molar-refractivity contribution in [1.82, 2.24) is 0 Å². The van der Waals surface area contributed by atoms with Crippen LogP contribution in [0.5, 0.6) is 0 Å². The first kappa shape index (κ1) is 9.39. The maximum atomic E-state index is 10.8. The Labute approximate surface area is 86.4 Å². The van der Waals surface area contributed by atoms with Crippen LogP contribution >= 0.6 is 0 Å². The maximum Gasteiger partial charge on any atom is 0.182 e. The van der Waals surface area contributed by atoms with Gasteiger partial charge in [0.1, 0.15) is 5.97 Å². The normalized spacial score (nSPS) is 10.5. The molecule has 0 aliphatic rings. The lowest BCUT2D eigenvalue weighted by Gasteiger charge is -2.05. The molecule has 0 fully saturated rings. The molecule has 0 spiro atoms. The average molecular weight is 207 g/mol. The number of carboxylic acid groups (broad SMARTS) is 2. The molecule has 0 N–H and O–H groups in total. The Morgan fingerprint density at radius 1 is 1.33 bits per heavy atom. The summed E-state index contributed by atoms with van der Waals surface area (Å²) in [6, 6.07) is 3.24. The van der Waals surface area contributed by atoms with E-state index in [1.54, 1.807) is 0 Å². The van der Waals surface area contributed by atoms with Gasteiger partial charge in [-0.15, -0.1) is 0 Å². The van der Waals surface area contributed by atoms with Gasteiger partial charge in [-0.3, -0.25) is 4.79 Å². The molecule has 0 radical (unpaired) electrons. The summed E-state index contributed by atoms with van der Waals surface area (Å²) in [6.45, 7) is 0. The van der Waals surface area contributed by atoms with Crippen molar-refractivity contribution < 1.29 is 26.0 Å². The summed E-state index contributed by atoms with van der Waals surface area (Å²) < 4.78 is 7.23. The van der Waals surface area contributed by atoms with Gasteiger partial charge >= 0.3 is 0 Å². The van der Waals surface area contributed by atoms with E-state index in [2.05, 4.69) is 0 Å². The lowest BCUT2D eigenvalue weighted by Crippen LogP contribution is -2.32. The van der Waals surface area contributed by atoms with E-state index in [1.165, 1.54) is 6.07 Å². The van der Waals surface area contributed by atoms with E-state index < -0.39 is 24.1 Å². The molecule has 0 aliphatic heterocycles. The van der Waals surface area contributed by atoms with E-state index >= 15 is 0 Å². The maximum absolute atomic E-state index is 10.8. The molecule has 78 valence electrons. The number of Topliss-reactive ketones (excluding diaryl/α,β-unsaturated/α-hetero) is 1. The number of carbonyl (C=O) groups excluding carboxylic acids is 3. The second-order valence-corrected chi connectivity index (χ2v) is 2.79. The van der Waals surface area contributed by atoms with Crippen LogP contribution in [0.4, 0.5) is 0 Å². The fourth-order valence-corrected chi connectivity index (χ4v) is 0.999. The Hall–Kier alpha value is -2.17. The Morgan fingerprint density at radius 2 is 2.00 bits per heavy atom. The predicted octanol–water partition coefficient (Wildman–Crippen LogP) is -2.09. The van der Waals surface area contributed by atoms with Gasteiger partial charge in [0.15, 0.2) is 5.78 Å². The molecule has 0 unspecified atom stereocenters. The zero-order chi connectivity index (χ0) is 12.3. The monoisotopic (exact) mass is 207 g/mol. The summed E-state index contributed by atoms with van der Waals surface area (Å²) >= 11 is 0. The largest absolute Gasteiger partial charge is 0.545 e. The van der Waals surface area contributed by atoms with Crippen LogP contribution in [-0.2, 0) is 16.0 Å². The van der Waals surface area contributed by atoms with E-state index in [4.69, 9.17) is 1.37 Å². The predicted molar refractivity (Wildman–Crippen MR) is 44.5 cm³/mol. The fraction of sp³-hybridized carbons (Fsp3) is 0.100. The van der Waals surface area contributed by atoms with Crippen LogP contribution in [0.25, 0.3) is 0 Å². The number of carbonyl (C=O) groups is 3. The van der Waals surface area contributed by atoms with Crippen LogP contribution in [0, 0.1) is 0 Å². The van der Waals surface area contributed by atoms with Crippen LogP contribution in [0.3, 0.4) is 0 Å². The number of rotatable bonds is 4. The van der Waals surface area contributed by atoms with Crippen molar-refractivity contribution in [1.29, 1.82) is 0 Å². The minimum atomic E-state index is -1.83. The van der Waals surface area contributed by atoms with E-state index in [-0.39, 0.29) is 17.2 Å². The summed E-state index contributed by atoms with van der Waals surface area (Å²) in [5, 5.41) is 20.7. The van der Waals surface area contributed by atoms with E-state index in [9.17, 15) is 24.6 Å². The van der Waals surface area contributed by atoms with Crippen molar-refractivity contribution in [2.75, 3.05) is 0 Å². The van der Waals surface area contributed by atoms with Crippen LogP contribution < -0.4 is 10.2 Å². The second-order valence-electron chi connectivity index (χ2n) is 2.79. The zero-order valence-corrected chi connectivity index (χ0v) is 7.48. The van der Waals surface area contributed by atoms with Crippen LogP contribution in [0.1, 0.15) is 17.3 Å². The molecule has 15 heavy (non-hydrogen) atoms. The molecule has 0 atom stereocenters. The van der Waals surface area contributed by atoms with Gasteiger partial charge in [0.2, 0.25) is 0 Å². The van der Waals surface area contributed by atoms with Gasteiger partial charge in [0.25, 0.3) is 0 Å². The smallest absolute Gasteiger partial charge is 0.182 e. The molecule has 1 rings (SSSR count). The van der Waals surface area contributed by atoms with Crippen molar-refractivity contribution in [3.8, 4) is 0 Å². The lowest BCUT2D eigenvalue weighted by molar-refractivity contribution is -0.299. The van der Waals surface area contributed by atoms with Gasteiger partial charge in [-0.1, -0.05) is 18.2 Å². The highest BCUT2D eigenvalue weighted by Crippen LogP contribution is 2.05. The molecule has 0 saturated carbocycles. The topological polar surface area (TPSA) is 97.3 Å². The summed E-state index contributed by atoms with van der Waals surface area (Å²) in [7, 11) is 0. The number of hydrogen-bond donors (Lipinski definition) is 0. The second kappa shape index (κ2) is 4.36. The number of aromatic carboxylic acids is 1. The first-order chi connectivity index (χ1) is 7.41. The van der Waals surface area contributed by atoms with Gasteiger partial charge in [0.05, 0.1) is 7.34 Å². The van der Waals surface area contributed by atoms with Gasteiger partial charge in [-0.25, -0.2) is 0 Å². The van der Waals surface area contributed by atoms with E-state index in [1.807, 2.05) is 0 Å². The molecular weight excluding hydrogens is 200 g/mol. The summed E-state index contributed by atoms with van der Waals surface area (Å²) in [4.78, 5) is 31.5. The Balaban J connectivity index is 3.00. The molecule has 0 heterocycles. The minimum absolute atomic E-state index is 0.185. The first-order valence-electron chi connectivity index (χ1n) is 4.47. The average Bonchev–Trinajstić information content (AvgIpc) is 2.20. The number of ketones is 1. The molecule has 5 heteroatoms. The van der Waals surface area contributed by atoms with Crippen molar-refractivity contribution in [2.24, 2.45) is 0 Å². The highest BCUT2D eigenvalue weighted by molar-refractivity contribution is 6.32. The molecular formula is C10H6O5-2. The number of carboxylic acids is 2. The number of hydrogen-bond acceptors (Lipinski definition) is 5. The van der Waals surface area contributed by atoms with Crippen molar-refractivity contribution in [2.45, 2.75) is 6.42 Å². The minimum Gasteiger partial charge on any atom is -0.545 e. The van der Waals surface area contributed by atoms with Crippen LogP contribution in [-0.4, -0.2) is 17.7 Å². The quantitative estimate of drug-likeness (QED) is 0.527. The third-order valence-electron chi connectivity index (χ3n) is 1.68. The molecule has 1 aromatic carbocycles.